The highest BCUT2D eigenvalue weighted by molar-refractivity contribution is 6.05. The normalized spacial score (nSPS) is 15.9. The molecule has 1 aliphatic heterocycles. The quantitative estimate of drug-likeness (QED) is 0.742. The molecule has 26 heavy (non-hydrogen) atoms. The van der Waals surface area contributed by atoms with E-state index in [1.807, 2.05) is 43.3 Å². The summed E-state index contributed by atoms with van der Waals surface area (Å²) in [6.45, 7) is 1.95. The molecule has 0 unspecified atom stereocenters. The number of rotatable bonds is 3. The Bertz CT molecular complexity index is 977. The first-order chi connectivity index (χ1) is 12.6. The number of hydrogen-bond acceptors (Lipinski definition) is 3. The number of furan rings is 1. The lowest BCUT2D eigenvalue weighted by Gasteiger charge is -2.25. The van der Waals surface area contributed by atoms with Gasteiger partial charge in [-0.2, -0.15) is 0 Å². The maximum atomic E-state index is 12.4. The minimum Gasteiger partial charge on any atom is -0.472 e. The van der Waals surface area contributed by atoms with Crippen molar-refractivity contribution >= 4 is 23.2 Å². The van der Waals surface area contributed by atoms with Crippen molar-refractivity contribution in [2.24, 2.45) is 0 Å². The molecule has 130 valence electrons. The molecule has 1 aromatic heterocycles. The maximum absolute atomic E-state index is 12.4. The monoisotopic (exact) mass is 346 g/mol. The standard InChI is InChI=1S/C21H18N2O3/c1-13-3-2-4-14(9-13)21(25)22-16-5-6-17-18(15-7-8-26-12-15)11-20(24)23-19(17)10-16/h2-10,12,18H,11H2,1H3,(H,22,25)(H,23,24)/t18-/m0/s1. The lowest BCUT2D eigenvalue weighted by atomic mass is 9.86. The number of amides is 2. The van der Waals surface area contributed by atoms with Gasteiger partial charge in [-0.15, -0.1) is 0 Å². The predicted molar refractivity (Wildman–Crippen MR) is 99.4 cm³/mol. The Kier molecular flexibility index (Phi) is 4.05. The van der Waals surface area contributed by atoms with Crippen LogP contribution in [0.2, 0.25) is 0 Å². The average Bonchev–Trinajstić information content (AvgIpc) is 3.15. The number of carbonyl (C=O) groups excluding carboxylic acids is 2. The SMILES string of the molecule is Cc1cccc(C(=O)Nc2ccc3c(c2)NC(=O)C[C@H]3c2ccoc2)c1. The van der Waals surface area contributed by atoms with Crippen LogP contribution in [0.5, 0.6) is 0 Å². The summed E-state index contributed by atoms with van der Waals surface area (Å²) in [5.41, 5.74) is 4.97. The van der Waals surface area contributed by atoms with Gasteiger partial charge in [0.2, 0.25) is 5.91 Å². The smallest absolute Gasteiger partial charge is 0.255 e. The van der Waals surface area contributed by atoms with E-state index in [2.05, 4.69) is 10.6 Å². The number of nitrogens with one attached hydrogen (secondary N) is 2. The van der Waals surface area contributed by atoms with Gasteiger partial charge >= 0.3 is 0 Å². The molecule has 0 saturated heterocycles. The van der Waals surface area contributed by atoms with Gasteiger partial charge in [-0.05, 0) is 48.4 Å². The Morgan fingerprint density at radius 3 is 2.85 bits per heavy atom. The summed E-state index contributed by atoms with van der Waals surface area (Å²) in [5.74, 6) is -0.271. The Hall–Kier alpha value is -3.34. The third kappa shape index (κ3) is 3.11. The van der Waals surface area contributed by atoms with Crippen LogP contribution in [-0.4, -0.2) is 11.8 Å². The summed E-state index contributed by atoms with van der Waals surface area (Å²) in [6.07, 6.45) is 3.65. The number of anilines is 2. The van der Waals surface area contributed by atoms with Crippen LogP contribution in [0.1, 0.15) is 39.4 Å². The van der Waals surface area contributed by atoms with Gasteiger partial charge in [0.05, 0.1) is 12.5 Å². The number of fused-ring (bicyclic) bond motifs is 1. The van der Waals surface area contributed by atoms with Crippen molar-refractivity contribution < 1.29 is 14.0 Å². The number of hydrogen-bond donors (Lipinski definition) is 2. The highest BCUT2D eigenvalue weighted by atomic mass is 16.3. The van der Waals surface area contributed by atoms with Crippen molar-refractivity contribution in [2.75, 3.05) is 10.6 Å². The van der Waals surface area contributed by atoms with E-state index in [4.69, 9.17) is 4.42 Å². The largest absolute Gasteiger partial charge is 0.472 e. The van der Waals surface area contributed by atoms with Gasteiger partial charge in [0, 0.05) is 29.3 Å². The predicted octanol–water partition coefficient (Wildman–Crippen LogP) is 4.31. The molecule has 5 heteroatoms. The second kappa shape index (κ2) is 6.52. The molecule has 2 heterocycles. The Morgan fingerprint density at radius 2 is 2.08 bits per heavy atom. The molecule has 4 rings (SSSR count). The zero-order valence-electron chi connectivity index (χ0n) is 14.3. The molecule has 0 spiro atoms. The molecule has 1 aliphatic rings. The zero-order valence-corrected chi connectivity index (χ0v) is 14.3. The zero-order chi connectivity index (χ0) is 18.1. The molecule has 1 atom stereocenters. The van der Waals surface area contributed by atoms with Gasteiger partial charge in [0.15, 0.2) is 0 Å². The van der Waals surface area contributed by atoms with Crippen LogP contribution in [0.15, 0.2) is 65.5 Å². The second-order valence-electron chi connectivity index (χ2n) is 6.49. The van der Waals surface area contributed by atoms with E-state index >= 15 is 0 Å². The summed E-state index contributed by atoms with van der Waals surface area (Å²) in [7, 11) is 0. The fraction of sp³-hybridized carbons (Fsp3) is 0.143. The van der Waals surface area contributed by atoms with Crippen molar-refractivity contribution in [3.05, 3.63) is 83.3 Å². The number of benzene rings is 2. The van der Waals surface area contributed by atoms with Gasteiger partial charge < -0.3 is 15.1 Å². The van der Waals surface area contributed by atoms with Crippen molar-refractivity contribution in [3.8, 4) is 0 Å². The van der Waals surface area contributed by atoms with Crippen LogP contribution in [-0.2, 0) is 4.79 Å². The molecule has 0 bridgehead atoms. The van der Waals surface area contributed by atoms with Crippen LogP contribution < -0.4 is 10.6 Å². The van der Waals surface area contributed by atoms with E-state index in [0.717, 1.165) is 22.4 Å². The molecule has 2 N–H and O–H groups in total. The third-order valence-corrected chi connectivity index (χ3v) is 4.58. The van der Waals surface area contributed by atoms with Gasteiger partial charge in [0.1, 0.15) is 0 Å². The molecule has 0 aliphatic carbocycles. The summed E-state index contributed by atoms with van der Waals surface area (Å²) >= 11 is 0. The van der Waals surface area contributed by atoms with Gasteiger partial charge in [-0.3, -0.25) is 9.59 Å². The van der Waals surface area contributed by atoms with Crippen molar-refractivity contribution in [1.29, 1.82) is 0 Å². The molecule has 2 aromatic carbocycles. The molecule has 3 aromatic rings. The molecular weight excluding hydrogens is 328 g/mol. The Morgan fingerprint density at radius 1 is 1.19 bits per heavy atom. The summed E-state index contributed by atoms with van der Waals surface area (Å²) in [6, 6.07) is 14.9. The molecule has 0 saturated carbocycles. The van der Waals surface area contributed by atoms with Crippen LogP contribution in [0.25, 0.3) is 0 Å². The van der Waals surface area contributed by atoms with E-state index < -0.39 is 0 Å². The second-order valence-corrected chi connectivity index (χ2v) is 6.49. The molecule has 2 amide bonds. The van der Waals surface area contributed by atoms with Crippen molar-refractivity contribution in [3.63, 3.8) is 0 Å². The fourth-order valence-electron chi connectivity index (χ4n) is 3.30. The van der Waals surface area contributed by atoms with Crippen molar-refractivity contribution in [2.45, 2.75) is 19.3 Å². The summed E-state index contributed by atoms with van der Waals surface area (Å²) in [5, 5.41) is 5.78. The van der Waals surface area contributed by atoms with E-state index in [9.17, 15) is 9.59 Å². The van der Waals surface area contributed by atoms with Gasteiger partial charge in [-0.25, -0.2) is 0 Å². The van der Waals surface area contributed by atoms with Gasteiger partial charge in [-0.1, -0.05) is 23.8 Å². The van der Waals surface area contributed by atoms with E-state index in [0.29, 0.717) is 17.7 Å². The average molecular weight is 346 g/mol. The first kappa shape index (κ1) is 16.1. The maximum Gasteiger partial charge on any atom is 0.255 e. The minimum absolute atomic E-state index is 0.0426. The number of aryl methyl sites for hydroxylation is 1. The van der Waals surface area contributed by atoms with Crippen LogP contribution >= 0.6 is 0 Å². The minimum atomic E-state index is -0.179. The van der Waals surface area contributed by atoms with E-state index in [1.165, 1.54) is 0 Å². The first-order valence-corrected chi connectivity index (χ1v) is 8.44. The highest BCUT2D eigenvalue weighted by Gasteiger charge is 2.27. The fourth-order valence-corrected chi connectivity index (χ4v) is 3.30. The van der Waals surface area contributed by atoms with Crippen LogP contribution in [0.3, 0.4) is 0 Å². The topological polar surface area (TPSA) is 71.3 Å². The first-order valence-electron chi connectivity index (χ1n) is 8.44. The Balaban J connectivity index is 1.61. The molecule has 0 radical (unpaired) electrons. The Labute approximate surface area is 151 Å². The molecule has 5 nitrogen and oxygen atoms in total. The van der Waals surface area contributed by atoms with E-state index in [1.54, 1.807) is 24.7 Å². The third-order valence-electron chi connectivity index (χ3n) is 4.58. The number of carbonyl (C=O) groups is 2. The lowest BCUT2D eigenvalue weighted by molar-refractivity contribution is -0.116. The summed E-state index contributed by atoms with van der Waals surface area (Å²) in [4.78, 5) is 24.5. The molecular formula is C21H18N2O3. The van der Waals surface area contributed by atoms with E-state index in [-0.39, 0.29) is 17.7 Å². The van der Waals surface area contributed by atoms with Crippen LogP contribution in [0.4, 0.5) is 11.4 Å². The van der Waals surface area contributed by atoms with Crippen LogP contribution in [0, 0.1) is 6.92 Å². The lowest BCUT2D eigenvalue weighted by Crippen LogP contribution is -2.23. The van der Waals surface area contributed by atoms with Gasteiger partial charge in [0.25, 0.3) is 5.91 Å². The van der Waals surface area contributed by atoms with Crippen molar-refractivity contribution in [1.82, 2.24) is 0 Å². The molecule has 0 fully saturated rings. The highest BCUT2D eigenvalue weighted by Crippen LogP contribution is 2.38. The summed E-state index contributed by atoms with van der Waals surface area (Å²) < 4.78 is 5.16.